The molecule has 0 saturated carbocycles. The smallest absolute Gasteiger partial charge is 0.264 e. The van der Waals surface area contributed by atoms with Gasteiger partial charge in [0, 0.05) is 18.3 Å². The molecule has 2 N–H and O–H groups in total. The Balaban J connectivity index is 2.23. The molecule has 0 heterocycles. The minimum Gasteiger partial charge on any atom is -0.280 e. The van der Waals surface area contributed by atoms with Crippen LogP contribution in [0.1, 0.15) is 13.3 Å². The average Bonchev–Trinajstić information content (AvgIpc) is 2.52. The van der Waals surface area contributed by atoms with Crippen molar-refractivity contribution in [3.05, 3.63) is 54.1 Å². The molecule has 0 unspecified atom stereocenters. The van der Waals surface area contributed by atoms with Crippen LogP contribution in [-0.2, 0) is 20.0 Å². The highest BCUT2D eigenvalue weighted by Gasteiger charge is 2.20. The van der Waals surface area contributed by atoms with Crippen LogP contribution in [0.25, 0.3) is 0 Å². The lowest BCUT2D eigenvalue weighted by Crippen LogP contribution is -2.24. The molecule has 0 aromatic heterocycles. The molecular formula is C15H16F2N2O4S2. The fraction of sp³-hybridized carbons (Fsp3) is 0.200. The van der Waals surface area contributed by atoms with E-state index in [2.05, 4.69) is 9.44 Å². The van der Waals surface area contributed by atoms with Gasteiger partial charge in [0.05, 0.1) is 4.90 Å². The van der Waals surface area contributed by atoms with Gasteiger partial charge in [-0.05, 0) is 42.8 Å². The lowest BCUT2D eigenvalue weighted by Gasteiger charge is -2.10. The Labute approximate surface area is 145 Å². The number of hydrogen-bond acceptors (Lipinski definition) is 4. The van der Waals surface area contributed by atoms with Crippen molar-refractivity contribution in [2.24, 2.45) is 0 Å². The lowest BCUT2D eigenvalue weighted by molar-refractivity contribution is 0.551. The zero-order chi connectivity index (χ0) is 18.7. The molecule has 25 heavy (non-hydrogen) atoms. The lowest BCUT2D eigenvalue weighted by atomic mass is 10.3. The molecular weight excluding hydrogens is 374 g/mol. The van der Waals surface area contributed by atoms with E-state index >= 15 is 0 Å². The molecule has 0 aliphatic rings. The molecule has 0 aliphatic heterocycles. The van der Waals surface area contributed by atoms with Gasteiger partial charge in [0.1, 0.15) is 16.5 Å². The number of benzene rings is 2. The Kier molecular flexibility index (Phi) is 5.76. The van der Waals surface area contributed by atoms with E-state index in [1.807, 2.05) is 6.92 Å². The molecule has 2 rings (SSSR count). The molecule has 0 aliphatic carbocycles. The van der Waals surface area contributed by atoms with Gasteiger partial charge in [-0.3, -0.25) is 4.72 Å². The second-order valence-corrected chi connectivity index (χ2v) is 8.52. The van der Waals surface area contributed by atoms with Crippen molar-refractivity contribution in [2.45, 2.75) is 23.1 Å². The van der Waals surface area contributed by atoms with E-state index in [0.29, 0.717) is 12.5 Å². The maximum Gasteiger partial charge on any atom is 0.264 e. The van der Waals surface area contributed by atoms with Crippen LogP contribution < -0.4 is 9.44 Å². The van der Waals surface area contributed by atoms with Crippen LogP contribution in [0.15, 0.2) is 52.3 Å². The molecule has 10 heteroatoms. The van der Waals surface area contributed by atoms with Gasteiger partial charge in [0.25, 0.3) is 10.0 Å². The number of sulfonamides is 2. The predicted octanol–water partition coefficient (Wildman–Crippen LogP) is 2.45. The van der Waals surface area contributed by atoms with E-state index in [1.165, 1.54) is 24.3 Å². The van der Waals surface area contributed by atoms with Crippen molar-refractivity contribution in [1.82, 2.24) is 4.72 Å². The molecule has 0 bridgehead atoms. The maximum absolute atomic E-state index is 13.6. The van der Waals surface area contributed by atoms with Crippen LogP contribution in [0, 0.1) is 11.6 Å². The minimum absolute atomic E-state index is 0.0307. The van der Waals surface area contributed by atoms with Gasteiger partial charge in [-0.15, -0.1) is 0 Å². The standard InChI is InChI=1S/C15H16F2N2O4S2/c1-2-9-18-24(20,21)13-6-4-12(5-7-13)19-25(22,23)15-8-3-11(16)10-14(15)17/h3-8,10,18-19H,2,9H2,1H3. The fourth-order valence-electron chi connectivity index (χ4n) is 1.93. The zero-order valence-electron chi connectivity index (χ0n) is 13.2. The van der Waals surface area contributed by atoms with Gasteiger partial charge >= 0.3 is 0 Å². The summed E-state index contributed by atoms with van der Waals surface area (Å²) in [5.74, 6) is -2.12. The Morgan fingerprint density at radius 3 is 2.12 bits per heavy atom. The Morgan fingerprint density at radius 2 is 1.56 bits per heavy atom. The van der Waals surface area contributed by atoms with Gasteiger partial charge in [0.2, 0.25) is 10.0 Å². The van der Waals surface area contributed by atoms with Gasteiger partial charge in [-0.2, -0.15) is 0 Å². The predicted molar refractivity (Wildman–Crippen MR) is 89.1 cm³/mol. The Bertz CT molecular complexity index is 960. The first kappa shape index (κ1) is 19.3. The number of anilines is 1. The van der Waals surface area contributed by atoms with E-state index in [9.17, 15) is 25.6 Å². The monoisotopic (exact) mass is 390 g/mol. The summed E-state index contributed by atoms with van der Waals surface area (Å²) in [6, 6.07) is 7.00. The highest BCUT2D eigenvalue weighted by molar-refractivity contribution is 7.92. The third-order valence-electron chi connectivity index (χ3n) is 3.14. The van der Waals surface area contributed by atoms with Crippen molar-refractivity contribution >= 4 is 25.7 Å². The van der Waals surface area contributed by atoms with Crippen LogP contribution in [0.3, 0.4) is 0 Å². The first-order valence-electron chi connectivity index (χ1n) is 7.23. The molecule has 136 valence electrons. The SMILES string of the molecule is CCCNS(=O)(=O)c1ccc(NS(=O)(=O)c2ccc(F)cc2F)cc1. The van der Waals surface area contributed by atoms with E-state index in [1.54, 1.807) is 0 Å². The summed E-state index contributed by atoms with van der Waals surface area (Å²) in [5, 5.41) is 0. The highest BCUT2D eigenvalue weighted by Crippen LogP contribution is 2.21. The molecule has 0 atom stereocenters. The molecule has 0 radical (unpaired) electrons. The Hall–Kier alpha value is -2.04. The summed E-state index contributed by atoms with van der Waals surface area (Å²) < 4.78 is 79.2. The van der Waals surface area contributed by atoms with E-state index in [0.717, 1.165) is 12.1 Å². The fourth-order valence-corrected chi connectivity index (χ4v) is 4.18. The van der Waals surface area contributed by atoms with Gasteiger partial charge in [0.15, 0.2) is 0 Å². The summed E-state index contributed by atoms with van der Waals surface area (Å²) in [4.78, 5) is -0.743. The summed E-state index contributed by atoms with van der Waals surface area (Å²) in [6.07, 6.45) is 0.625. The van der Waals surface area contributed by atoms with E-state index < -0.39 is 36.6 Å². The summed E-state index contributed by atoms with van der Waals surface area (Å²) in [5.41, 5.74) is 0.0400. The molecule has 0 spiro atoms. The number of nitrogens with one attached hydrogen (secondary N) is 2. The molecule has 2 aromatic carbocycles. The number of rotatable bonds is 7. The number of hydrogen-bond donors (Lipinski definition) is 2. The Morgan fingerprint density at radius 1 is 0.920 bits per heavy atom. The third-order valence-corrected chi connectivity index (χ3v) is 6.03. The van der Waals surface area contributed by atoms with Crippen molar-refractivity contribution in [1.29, 1.82) is 0 Å². The summed E-state index contributed by atoms with van der Waals surface area (Å²) in [6.45, 7) is 2.09. The minimum atomic E-state index is -4.28. The zero-order valence-corrected chi connectivity index (χ0v) is 14.8. The molecule has 2 aromatic rings. The topological polar surface area (TPSA) is 92.3 Å². The van der Waals surface area contributed by atoms with Crippen LogP contribution in [0.5, 0.6) is 0 Å². The largest absolute Gasteiger partial charge is 0.280 e. The molecule has 0 amide bonds. The van der Waals surface area contributed by atoms with Crippen molar-refractivity contribution in [2.75, 3.05) is 11.3 Å². The molecule has 0 saturated heterocycles. The highest BCUT2D eigenvalue weighted by atomic mass is 32.2. The van der Waals surface area contributed by atoms with Crippen LogP contribution in [-0.4, -0.2) is 23.4 Å². The second-order valence-electron chi connectivity index (χ2n) is 5.10. The van der Waals surface area contributed by atoms with Gasteiger partial charge in [-0.25, -0.2) is 30.3 Å². The first-order valence-corrected chi connectivity index (χ1v) is 10.2. The first-order chi connectivity index (χ1) is 11.7. The third kappa shape index (κ3) is 4.74. The second kappa shape index (κ2) is 7.46. The molecule has 0 fully saturated rings. The van der Waals surface area contributed by atoms with Crippen molar-refractivity contribution in [3.63, 3.8) is 0 Å². The van der Waals surface area contributed by atoms with Gasteiger partial charge < -0.3 is 0 Å². The summed E-state index contributed by atoms with van der Waals surface area (Å²) >= 11 is 0. The van der Waals surface area contributed by atoms with E-state index in [4.69, 9.17) is 0 Å². The normalized spacial score (nSPS) is 12.1. The number of halogens is 2. The summed E-state index contributed by atoms with van der Waals surface area (Å²) in [7, 11) is -7.96. The maximum atomic E-state index is 13.6. The van der Waals surface area contributed by atoms with Gasteiger partial charge in [-0.1, -0.05) is 6.92 Å². The molecule has 6 nitrogen and oxygen atoms in total. The van der Waals surface area contributed by atoms with E-state index in [-0.39, 0.29) is 17.1 Å². The van der Waals surface area contributed by atoms with Crippen LogP contribution >= 0.6 is 0 Å². The quantitative estimate of drug-likeness (QED) is 0.760. The average molecular weight is 390 g/mol. The van der Waals surface area contributed by atoms with Crippen molar-refractivity contribution < 1.29 is 25.6 Å². The van der Waals surface area contributed by atoms with Crippen LogP contribution in [0.4, 0.5) is 14.5 Å². The van der Waals surface area contributed by atoms with Crippen LogP contribution in [0.2, 0.25) is 0 Å². The van der Waals surface area contributed by atoms with Crippen molar-refractivity contribution in [3.8, 4) is 0 Å².